The Morgan fingerprint density at radius 1 is 1.00 bits per heavy atom. The van der Waals surface area contributed by atoms with Crippen LogP contribution in [0.15, 0.2) is 60.9 Å². The Bertz CT molecular complexity index is 1400. The molecule has 1 unspecified atom stereocenters. The molecule has 1 atom stereocenters. The van der Waals surface area contributed by atoms with Crippen molar-refractivity contribution >= 4 is 41.4 Å². The average molecular weight is 625 g/mol. The van der Waals surface area contributed by atoms with Crippen molar-refractivity contribution in [1.29, 1.82) is 0 Å². The lowest BCUT2D eigenvalue weighted by Crippen LogP contribution is -2.37. The molecule has 4 heterocycles. The Morgan fingerprint density at radius 3 is 2.62 bits per heavy atom. The van der Waals surface area contributed by atoms with Crippen molar-refractivity contribution in [3.8, 4) is 22.3 Å². The summed E-state index contributed by atoms with van der Waals surface area (Å²) in [6.07, 6.45) is 7.16. The average Bonchev–Trinajstić information content (AvgIpc) is 3.31. The first kappa shape index (κ1) is 25.4. The van der Waals surface area contributed by atoms with Gasteiger partial charge in [-0.05, 0) is 66.2 Å². The van der Waals surface area contributed by atoms with Crippen molar-refractivity contribution in [1.82, 2.24) is 18.8 Å². The molecule has 7 heteroatoms. The van der Waals surface area contributed by atoms with Gasteiger partial charge in [-0.3, -0.25) is 13.8 Å². The molecule has 0 aliphatic carbocycles. The Balaban J connectivity index is 1.30. The van der Waals surface area contributed by atoms with E-state index in [1.807, 2.05) is 6.20 Å². The van der Waals surface area contributed by atoms with Gasteiger partial charge in [0.2, 0.25) is 0 Å². The third-order valence-corrected chi connectivity index (χ3v) is 9.62. The molecule has 2 aromatic carbocycles. The molecular formula is C30H33IN4OS. The van der Waals surface area contributed by atoms with Gasteiger partial charge in [0.05, 0.1) is 6.10 Å². The van der Waals surface area contributed by atoms with Gasteiger partial charge in [-0.2, -0.15) is 0 Å². The van der Waals surface area contributed by atoms with E-state index in [-0.39, 0.29) is 6.10 Å². The molecule has 1 N–H and O–H groups in total. The molecule has 0 spiro atoms. The van der Waals surface area contributed by atoms with E-state index in [1.54, 1.807) is 9.12 Å². The smallest absolute Gasteiger partial charge is 0.151 e. The molecule has 5 nitrogen and oxygen atoms in total. The monoisotopic (exact) mass is 624 g/mol. The predicted molar refractivity (Wildman–Crippen MR) is 163 cm³/mol. The molecule has 1 fully saturated rings. The first-order valence-corrected chi connectivity index (χ1v) is 16.6. The number of hydrogen-bond acceptors (Lipinski definition) is 5. The maximum Gasteiger partial charge on any atom is 0.151 e. The van der Waals surface area contributed by atoms with Crippen LogP contribution in [0, 0.1) is 0 Å². The molecule has 2 aliphatic heterocycles. The van der Waals surface area contributed by atoms with Crippen LogP contribution in [-0.4, -0.2) is 56.1 Å². The molecule has 192 valence electrons. The number of benzene rings is 2. The van der Waals surface area contributed by atoms with Gasteiger partial charge in [-0.25, -0.2) is 4.98 Å². The summed E-state index contributed by atoms with van der Waals surface area (Å²) in [5.74, 6) is 0. The van der Waals surface area contributed by atoms with Crippen LogP contribution in [0.1, 0.15) is 36.5 Å². The molecule has 0 radical (unpaired) electrons. The summed E-state index contributed by atoms with van der Waals surface area (Å²) in [4.78, 5) is 9.77. The van der Waals surface area contributed by atoms with Crippen LogP contribution in [0.5, 0.6) is 0 Å². The lowest BCUT2D eigenvalue weighted by molar-refractivity contribution is 0.0668. The molecular weight excluding hydrogens is 591 g/mol. The van der Waals surface area contributed by atoms with Gasteiger partial charge >= 0.3 is 0 Å². The topological polar surface area (TPSA) is 44.5 Å². The van der Waals surface area contributed by atoms with Gasteiger partial charge in [0.15, 0.2) is 5.65 Å². The number of β-amino-alcohol motifs (C(OH)–C–C–N with tert-alkyl or cyclic N) is 1. The summed E-state index contributed by atoms with van der Waals surface area (Å²) in [6.45, 7) is 8.27. The molecule has 0 bridgehead atoms. The normalized spacial score (nSPS) is 18.8. The minimum absolute atomic E-state index is 0.186. The Morgan fingerprint density at radius 2 is 1.84 bits per heavy atom. The second kappa shape index (κ2) is 11.1. The Labute approximate surface area is 235 Å². The fourth-order valence-electron chi connectivity index (χ4n) is 5.80. The first-order chi connectivity index (χ1) is 18.1. The number of aromatic nitrogens is 2. The number of piperidine rings is 1. The largest absolute Gasteiger partial charge is 0.392 e. The number of pyridine rings is 1. The van der Waals surface area contributed by atoms with Crippen molar-refractivity contribution in [3.05, 3.63) is 77.6 Å². The fourth-order valence-corrected chi connectivity index (χ4v) is 7.06. The number of aliphatic hydroxyl groups is 1. The third-order valence-electron chi connectivity index (χ3n) is 7.92. The minimum atomic E-state index is -0.186. The molecule has 2 aromatic heterocycles. The predicted octanol–water partition coefficient (Wildman–Crippen LogP) is 6.55. The highest BCUT2D eigenvalue weighted by atomic mass is 127. The number of likely N-dealkylation sites (N-methyl/N-ethyl adjacent to an activating group) is 1. The number of halogens is 1. The number of likely N-dealkylation sites (tertiary alicyclic amines) is 1. The lowest BCUT2D eigenvalue weighted by Gasteiger charge is -2.29. The number of aliphatic hydroxyl groups excluding tert-OH is 1. The number of fused-ring (bicyclic) bond motifs is 2. The SMILES string of the molecule is CCN1CCc2cc(-c3cn(SI)c4ncc(-c5ccc(CN6CCCC(O)C6)cc5)cc34)ccc2C1. The standard InChI is InChI=1S/C30H33IN4OS/c1-2-33-13-11-23-14-24(9-10-25(23)18-33)29-20-35(37-31)30-28(29)15-26(16-32-30)22-7-5-21(6-8-22)17-34-12-3-4-27(36)19-34/h5-10,14-16,20,27,36H,2-4,11-13,17-19H2,1H3. The van der Waals surface area contributed by atoms with Crippen molar-refractivity contribution in [3.63, 3.8) is 0 Å². The Kier molecular flexibility index (Phi) is 7.59. The van der Waals surface area contributed by atoms with Gasteiger partial charge in [0.25, 0.3) is 0 Å². The quantitative estimate of drug-likeness (QED) is 0.247. The summed E-state index contributed by atoms with van der Waals surface area (Å²) in [6, 6.07) is 18.2. The van der Waals surface area contributed by atoms with Gasteiger partial charge in [0, 0.05) is 85.4 Å². The van der Waals surface area contributed by atoms with Crippen molar-refractivity contribution < 1.29 is 5.11 Å². The third kappa shape index (κ3) is 5.34. The second-order valence-corrected chi connectivity index (χ2v) is 12.1. The summed E-state index contributed by atoms with van der Waals surface area (Å²) in [5.41, 5.74) is 10.1. The maximum atomic E-state index is 9.99. The van der Waals surface area contributed by atoms with Gasteiger partial charge < -0.3 is 5.11 Å². The van der Waals surface area contributed by atoms with Crippen LogP contribution in [0.2, 0.25) is 0 Å². The van der Waals surface area contributed by atoms with Crippen LogP contribution in [0.25, 0.3) is 33.3 Å². The van der Waals surface area contributed by atoms with E-state index in [2.05, 4.69) is 96.6 Å². The molecule has 0 saturated carbocycles. The number of rotatable bonds is 6. The van der Waals surface area contributed by atoms with E-state index in [1.165, 1.54) is 38.8 Å². The van der Waals surface area contributed by atoms with Crippen LogP contribution in [0.3, 0.4) is 0 Å². The van der Waals surface area contributed by atoms with Gasteiger partial charge in [-0.15, -0.1) is 0 Å². The Hall–Kier alpha value is -1.91. The molecule has 0 amide bonds. The summed E-state index contributed by atoms with van der Waals surface area (Å²) >= 11 is 2.34. The molecule has 37 heavy (non-hydrogen) atoms. The van der Waals surface area contributed by atoms with E-state index in [4.69, 9.17) is 4.98 Å². The molecule has 6 rings (SSSR count). The zero-order chi connectivity index (χ0) is 25.4. The van der Waals surface area contributed by atoms with E-state index in [0.717, 1.165) is 69.7 Å². The zero-order valence-corrected chi connectivity index (χ0v) is 24.2. The second-order valence-electron chi connectivity index (χ2n) is 10.4. The first-order valence-electron chi connectivity index (χ1n) is 13.3. The van der Waals surface area contributed by atoms with Crippen molar-refractivity contribution in [2.45, 2.75) is 45.4 Å². The number of nitrogens with zero attached hydrogens (tertiary/aromatic N) is 4. The minimum Gasteiger partial charge on any atom is -0.392 e. The van der Waals surface area contributed by atoms with E-state index < -0.39 is 0 Å². The summed E-state index contributed by atoms with van der Waals surface area (Å²) < 4.78 is 2.17. The van der Waals surface area contributed by atoms with Crippen molar-refractivity contribution in [2.75, 3.05) is 26.2 Å². The van der Waals surface area contributed by atoms with Crippen LogP contribution < -0.4 is 0 Å². The van der Waals surface area contributed by atoms with E-state index in [0.29, 0.717) is 0 Å². The van der Waals surface area contributed by atoms with Gasteiger partial charge in [-0.1, -0.05) is 49.4 Å². The zero-order valence-electron chi connectivity index (χ0n) is 21.2. The van der Waals surface area contributed by atoms with Crippen molar-refractivity contribution in [2.24, 2.45) is 0 Å². The molecule has 4 aromatic rings. The van der Waals surface area contributed by atoms with E-state index in [9.17, 15) is 5.11 Å². The van der Waals surface area contributed by atoms with Crippen LogP contribution in [0.4, 0.5) is 0 Å². The highest BCUT2D eigenvalue weighted by Gasteiger charge is 2.19. The van der Waals surface area contributed by atoms with Crippen LogP contribution in [-0.2, 0) is 19.5 Å². The summed E-state index contributed by atoms with van der Waals surface area (Å²) in [5, 5.41) is 11.2. The molecule has 1 saturated heterocycles. The maximum absolute atomic E-state index is 9.99. The summed E-state index contributed by atoms with van der Waals surface area (Å²) in [7, 11) is 1.66. The highest BCUT2D eigenvalue weighted by Crippen LogP contribution is 2.37. The fraction of sp³-hybridized carbons (Fsp3) is 0.367. The highest BCUT2D eigenvalue weighted by molar-refractivity contribution is 14.2. The van der Waals surface area contributed by atoms with E-state index >= 15 is 0 Å². The number of hydrogen-bond donors (Lipinski definition) is 1. The van der Waals surface area contributed by atoms with Gasteiger partial charge in [0.1, 0.15) is 0 Å². The lowest BCUT2D eigenvalue weighted by atomic mass is 9.94. The molecule has 2 aliphatic rings. The van der Waals surface area contributed by atoms with Crippen LogP contribution >= 0.6 is 30.3 Å².